The second-order valence-corrected chi connectivity index (χ2v) is 6.19. The normalized spacial score (nSPS) is 10.3. The molecule has 0 aliphatic heterocycles. The number of nitrogens with zero attached hydrogens (tertiary/aromatic N) is 5. The predicted octanol–water partition coefficient (Wildman–Crippen LogP) is 1.40. The second kappa shape index (κ2) is 7.04. The van der Waals surface area contributed by atoms with Crippen molar-refractivity contribution >= 4 is 28.8 Å². The van der Waals surface area contributed by atoms with E-state index in [1.165, 1.54) is 11.8 Å². The quantitative estimate of drug-likeness (QED) is 0.639. The molecule has 1 heterocycles. The molecule has 8 heteroatoms. The van der Waals surface area contributed by atoms with Crippen LogP contribution in [0.1, 0.15) is 17.5 Å². The summed E-state index contributed by atoms with van der Waals surface area (Å²) in [5.41, 5.74) is 2.47. The highest BCUT2D eigenvalue weighted by molar-refractivity contribution is 7.99. The van der Waals surface area contributed by atoms with Crippen molar-refractivity contribution in [2.45, 2.75) is 11.3 Å². The lowest BCUT2D eigenvalue weighted by Crippen LogP contribution is -2.22. The van der Waals surface area contributed by atoms with Gasteiger partial charge in [-0.15, -0.1) is 16.9 Å². The van der Waals surface area contributed by atoms with Crippen LogP contribution in [0.5, 0.6) is 0 Å². The van der Waals surface area contributed by atoms with E-state index in [1.54, 1.807) is 16.8 Å². The smallest absolute Gasteiger partial charge is 0.113 e. The Bertz CT molecular complexity index is 1050. The maximum Gasteiger partial charge on any atom is 0.113 e. The molecule has 122 valence electrons. The number of carbonyl (C=O) groups excluding carboxylic acids is 1. The first-order valence-electron chi connectivity index (χ1n) is 7.25. The number of carbonyl (C=O) groups is 1. The third kappa shape index (κ3) is 3.30. The summed E-state index contributed by atoms with van der Waals surface area (Å²) in [6.07, 6.45) is -0.121. The molecule has 0 aliphatic rings. The molecule has 0 bridgehead atoms. The van der Waals surface area contributed by atoms with Gasteiger partial charge in [-0.05, 0) is 30.7 Å². The van der Waals surface area contributed by atoms with Crippen molar-refractivity contribution in [2.24, 2.45) is 0 Å². The van der Waals surface area contributed by atoms with Crippen molar-refractivity contribution < 1.29 is 9.90 Å². The molecular weight excluding hydrogens is 338 g/mol. The number of aromatic nitrogens is 3. The number of rotatable bonds is 5. The zero-order chi connectivity index (χ0) is 17.8. The van der Waals surface area contributed by atoms with Crippen LogP contribution in [-0.2, 0) is 4.79 Å². The number of benzene rings is 2. The van der Waals surface area contributed by atoms with Crippen molar-refractivity contribution in [3.8, 4) is 17.8 Å². The number of para-hydroxylation sites is 1. The number of hydrogen-bond acceptors (Lipinski definition) is 7. The van der Waals surface area contributed by atoms with E-state index in [-0.39, 0.29) is 23.3 Å². The van der Waals surface area contributed by atoms with E-state index in [9.17, 15) is 20.4 Å². The zero-order valence-electron chi connectivity index (χ0n) is 12.8. The average molecular weight is 348 g/mol. The van der Waals surface area contributed by atoms with Gasteiger partial charge in [0.2, 0.25) is 0 Å². The van der Waals surface area contributed by atoms with Crippen molar-refractivity contribution in [1.29, 1.82) is 10.5 Å². The van der Waals surface area contributed by atoms with Crippen LogP contribution in [0, 0.1) is 22.7 Å². The number of nitriles is 2. The second-order valence-electron chi connectivity index (χ2n) is 5.05. The maximum atomic E-state index is 10.7. The summed E-state index contributed by atoms with van der Waals surface area (Å²) in [6, 6.07) is 14.5. The minimum Gasteiger partial charge on any atom is -0.550 e. The maximum absolute atomic E-state index is 10.7. The molecule has 25 heavy (non-hydrogen) atoms. The summed E-state index contributed by atoms with van der Waals surface area (Å²) in [5, 5.41) is 37.4. The third-order valence-corrected chi connectivity index (χ3v) is 4.53. The molecule has 7 nitrogen and oxygen atoms in total. The summed E-state index contributed by atoms with van der Waals surface area (Å²) in [5.74, 6) is -0.868. The van der Waals surface area contributed by atoms with Crippen LogP contribution in [0.2, 0.25) is 0 Å². The molecule has 0 saturated carbocycles. The lowest BCUT2D eigenvalue weighted by molar-refractivity contribution is -0.305. The van der Waals surface area contributed by atoms with Crippen LogP contribution in [0.4, 0.5) is 0 Å². The van der Waals surface area contributed by atoms with Gasteiger partial charge in [0, 0.05) is 16.6 Å². The van der Waals surface area contributed by atoms with Gasteiger partial charge in [0.25, 0.3) is 0 Å². The number of carboxylic acid groups (broad SMARTS) is 1. The molecular formula is C17H10N5O2S-. The molecule has 0 spiro atoms. The van der Waals surface area contributed by atoms with Gasteiger partial charge in [0.05, 0.1) is 22.3 Å². The highest BCUT2D eigenvalue weighted by Crippen LogP contribution is 2.31. The van der Waals surface area contributed by atoms with E-state index >= 15 is 0 Å². The summed E-state index contributed by atoms with van der Waals surface area (Å²) in [4.78, 5) is 11.3. The van der Waals surface area contributed by atoms with Crippen LogP contribution in [0.25, 0.3) is 16.7 Å². The van der Waals surface area contributed by atoms with Gasteiger partial charge in [-0.25, -0.2) is 4.68 Å². The molecule has 3 rings (SSSR count). The molecule has 0 amide bonds. The number of fused-ring (bicyclic) bond motifs is 1. The van der Waals surface area contributed by atoms with E-state index in [1.807, 2.05) is 36.4 Å². The molecule has 2 aromatic carbocycles. The van der Waals surface area contributed by atoms with Crippen molar-refractivity contribution in [3.05, 3.63) is 47.5 Å². The molecule has 0 unspecified atom stereocenters. The summed E-state index contributed by atoms with van der Waals surface area (Å²) >= 11 is 1.26. The fourth-order valence-electron chi connectivity index (χ4n) is 2.33. The standard InChI is InChI=1S/C17H11N5O2S/c18-9-11-7-15(22-14-4-2-1-3-13(14)20-21-22)16(8-12(11)10-19)25-6-5-17(23)24/h1-4,7-8H,5-6H2,(H,23,24)/p-1. The highest BCUT2D eigenvalue weighted by atomic mass is 32.2. The van der Waals surface area contributed by atoms with E-state index in [2.05, 4.69) is 10.3 Å². The zero-order valence-corrected chi connectivity index (χ0v) is 13.7. The first-order valence-corrected chi connectivity index (χ1v) is 8.24. The lowest BCUT2D eigenvalue weighted by atomic mass is 10.1. The van der Waals surface area contributed by atoms with Crippen molar-refractivity contribution in [2.75, 3.05) is 5.75 Å². The van der Waals surface area contributed by atoms with Gasteiger partial charge in [-0.2, -0.15) is 10.5 Å². The molecule has 0 aliphatic carbocycles. The molecule has 3 aromatic rings. The Hall–Kier alpha value is -3.36. The molecule has 0 saturated heterocycles. The minimum atomic E-state index is -1.14. The van der Waals surface area contributed by atoms with Gasteiger partial charge in [0.1, 0.15) is 17.7 Å². The minimum absolute atomic E-state index is 0.121. The highest BCUT2D eigenvalue weighted by Gasteiger charge is 2.15. The summed E-state index contributed by atoms with van der Waals surface area (Å²) in [6.45, 7) is 0. The van der Waals surface area contributed by atoms with Gasteiger partial charge in [-0.3, -0.25) is 0 Å². The topological polar surface area (TPSA) is 118 Å². The Kier molecular flexibility index (Phi) is 4.64. The fraction of sp³-hybridized carbons (Fsp3) is 0.118. The van der Waals surface area contributed by atoms with Crippen molar-refractivity contribution in [1.82, 2.24) is 15.0 Å². The van der Waals surface area contributed by atoms with E-state index in [0.717, 1.165) is 5.52 Å². The Labute approximate surface area is 147 Å². The predicted molar refractivity (Wildman–Crippen MR) is 88.6 cm³/mol. The SMILES string of the molecule is N#Cc1cc(SCCC(=O)[O-])c(-n2nnc3ccccc32)cc1C#N. The molecule has 0 fully saturated rings. The van der Waals surface area contributed by atoms with Crippen LogP contribution >= 0.6 is 11.8 Å². The Morgan fingerprint density at radius 1 is 1.20 bits per heavy atom. The van der Waals surface area contributed by atoms with Gasteiger partial charge in [0.15, 0.2) is 0 Å². The lowest BCUT2D eigenvalue weighted by Gasteiger charge is -2.11. The first kappa shape index (κ1) is 16.5. The average Bonchev–Trinajstić information content (AvgIpc) is 3.05. The van der Waals surface area contributed by atoms with E-state index < -0.39 is 5.97 Å². The number of aliphatic carboxylic acids is 1. The molecule has 0 N–H and O–H groups in total. The largest absolute Gasteiger partial charge is 0.550 e. The van der Waals surface area contributed by atoms with Crippen molar-refractivity contribution in [3.63, 3.8) is 0 Å². The number of thioether (sulfide) groups is 1. The fourth-order valence-corrected chi connectivity index (χ4v) is 3.31. The molecule has 0 atom stereocenters. The monoisotopic (exact) mass is 348 g/mol. The Morgan fingerprint density at radius 3 is 2.64 bits per heavy atom. The number of carboxylic acids is 1. The Balaban J connectivity index is 2.14. The first-order chi connectivity index (χ1) is 12.1. The van der Waals surface area contributed by atoms with E-state index in [4.69, 9.17) is 0 Å². The van der Waals surface area contributed by atoms with Crippen LogP contribution in [-0.4, -0.2) is 26.7 Å². The van der Waals surface area contributed by atoms with Gasteiger partial charge < -0.3 is 9.90 Å². The third-order valence-electron chi connectivity index (χ3n) is 3.48. The van der Waals surface area contributed by atoms with E-state index in [0.29, 0.717) is 16.1 Å². The van der Waals surface area contributed by atoms with Crippen LogP contribution < -0.4 is 5.11 Å². The van der Waals surface area contributed by atoms with Crippen LogP contribution in [0.3, 0.4) is 0 Å². The molecule has 0 radical (unpaired) electrons. The summed E-state index contributed by atoms with van der Waals surface area (Å²) in [7, 11) is 0. The van der Waals surface area contributed by atoms with Crippen LogP contribution in [0.15, 0.2) is 41.3 Å². The Morgan fingerprint density at radius 2 is 1.92 bits per heavy atom. The van der Waals surface area contributed by atoms with Gasteiger partial charge >= 0.3 is 0 Å². The number of hydrogen-bond donors (Lipinski definition) is 0. The summed E-state index contributed by atoms with van der Waals surface area (Å²) < 4.78 is 1.58. The van der Waals surface area contributed by atoms with Gasteiger partial charge in [-0.1, -0.05) is 17.3 Å². The molecule has 1 aromatic heterocycles.